The largest absolute Gasteiger partial charge is 0.497 e. The normalized spacial score (nSPS) is 11.2. The van der Waals surface area contributed by atoms with Crippen molar-refractivity contribution in [3.8, 4) is 28.3 Å². The number of fused-ring (bicyclic) bond motifs is 3. The summed E-state index contributed by atoms with van der Waals surface area (Å²) < 4.78 is 13.2. The minimum Gasteiger partial charge on any atom is -0.497 e. The van der Waals surface area contributed by atoms with Crippen molar-refractivity contribution in [1.82, 2.24) is 14.5 Å². The fraction of sp³-hybridized carbons (Fsp3) is 0.148. The number of pyridine rings is 1. The molecule has 164 valence electrons. The number of ether oxygens (including phenoxy) is 2. The predicted octanol–water partition coefficient (Wildman–Crippen LogP) is 5.77. The number of benzene rings is 3. The molecule has 0 radical (unpaired) electrons. The van der Waals surface area contributed by atoms with Gasteiger partial charge in [0.25, 0.3) is 0 Å². The van der Waals surface area contributed by atoms with E-state index >= 15 is 0 Å². The lowest BCUT2D eigenvalue weighted by molar-refractivity contribution is 0.101. The van der Waals surface area contributed by atoms with E-state index in [1.54, 1.807) is 27.3 Å². The number of Topliss-reactive ketones (excluding diaryl/α,β-unsaturated/α-hetero) is 1. The van der Waals surface area contributed by atoms with Gasteiger partial charge in [0.2, 0.25) is 0 Å². The zero-order chi connectivity index (χ0) is 23.1. The molecule has 3 aromatic carbocycles. The number of carbonyl (C=O) groups is 1. The van der Waals surface area contributed by atoms with Crippen LogP contribution in [-0.4, -0.2) is 34.5 Å². The maximum atomic E-state index is 11.7. The molecule has 6 nitrogen and oxygen atoms in total. The molecule has 0 N–H and O–H groups in total. The van der Waals surface area contributed by atoms with E-state index in [0.717, 1.165) is 56.1 Å². The van der Waals surface area contributed by atoms with Crippen LogP contribution in [0.4, 0.5) is 0 Å². The Labute approximate surface area is 191 Å². The SMILES string of the molecule is COc1ccc(-n2c(C)nc3cnc4cc(-c5ccc(C(C)=O)cc5)c(OC)cc4c32)cc1. The van der Waals surface area contributed by atoms with Crippen LogP contribution in [0.25, 0.3) is 38.8 Å². The molecule has 0 aliphatic carbocycles. The maximum Gasteiger partial charge on any atom is 0.159 e. The Morgan fingerprint density at radius 2 is 1.64 bits per heavy atom. The van der Waals surface area contributed by atoms with Gasteiger partial charge in [-0.15, -0.1) is 0 Å². The number of rotatable bonds is 5. The molecule has 2 aromatic heterocycles. The average Bonchev–Trinajstić information content (AvgIpc) is 3.19. The summed E-state index contributed by atoms with van der Waals surface area (Å²) >= 11 is 0. The molecule has 0 fully saturated rings. The Morgan fingerprint density at radius 3 is 2.27 bits per heavy atom. The smallest absolute Gasteiger partial charge is 0.159 e. The van der Waals surface area contributed by atoms with E-state index in [1.807, 2.05) is 67.6 Å². The molecule has 0 aliphatic heterocycles. The Hall–Kier alpha value is -4.19. The van der Waals surface area contributed by atoms with Crippen molar-refractivity contribution in [3.63, 3.8) is 0 Å². The van der Waals surface area contributed by atoms with Gasteiger partial charge in [0, 0.05) is 22.2 Å². The molecule has 0 aliphatic rings. The van der Waals surface area contributed by atoms with Gasteiger partial charge >= 0.3 is 0 Å². The van der Waals surface area contributed by atoms with Gasteiger partial charge in [0.05, 0.1) is 31.4 Å². The Bertz CT molecular complexity index is 1500. The van der Waals surface area contributed by atoms with Crippen molar-refractivity contribution in [2.75, 3.05) is 14.2 Å². The molecule has 0 spiro atoms. The number of hydrogen-bond acceptors (Lipinski definition) is 5. The highest BCUT2D eigenvalue weighted by Gasteiger charge is 2.17. The number of imidazole rings is 1. The second-order valence-electron chi connectivity index (χ2n) is 7.89. The summed E-state index contributed by atoms with van der Waals surface area (Å²) in [6.45, 7) is 3.55. The number of carbonyl (C=O) groups excluding carboxylic acids is 1. The molecule has 0 bridgehead atoms. The summed E-state index contributed by atoms with van der Waals surface area (Å²) in [7, 11) is 3.32. The van der Waals surface area contributed by atoms with E-state index in [2.05, 4.69) is 9.55 Å². The topological polar surface area (TPSA) is 66.2 Å². The van der Waals surface area contributed by atoms with Crippen LogP contribution < -0.4 is 9.47 Å². The van der Waals surface area contributed by atoms with Crippen LogP contribution in [0.1, 0.15) is 23.1 Å². The van der Waals surface area contributed by atoms with Gasteiger partial charge in [-0.25, -0.2) is 4.98 Å². The van der Waals surface area contributed by atoms with E-state index in [1.165, 1.54) is 0 Å². The molecule has 0 atom stereocenters. The first-order valence-electron chi connectivity index (χ1n) is 10.6. The number of aryl methyl sites for hydroxylation is 1. The summed E-state index contributed by atoms with van der Waals surface area (Å²) in [5.74, 6) is 2.44. The van der Waals surface area contributed by atoms with Crippen molar-refractivity contribution in [2.24, 2.45) is 0 Å². The number of methoxy groups -OCH3 is 2. The monoisotopic (exact) mass is 437 g/mol. The molecule has 0 saturated carbocycles. The quantitative estimate of drug-likeness (QED) is 0.327. The summed E-state index contributed by atoms with van der Waals surface area (Å²) in [5.41, 5.74) is 6.17. The highest BCUT2D eigenvalue weighted by atomic mass is 16.5. The molecule has 33 heavy (non-hydrogen) atoms. The van der Waals surface area contributed by atoms with Crippen molar-refractivity contribution < 1.29 is 14.3 Å². The number of hydrogen-bond donors (Lipinski definition) is 0. The fourth-order valence-electron chi connectivity index (χ4n) is 4.22. The van der Waals surface area contributed by atoms with Crippen molar-refractivity contribution >= 4 is 27.7 Å². The maximum absolute atomic E-state index is 11.7. The molecular weight excluding hydrogens is 414 g/mol. The van der Waals surface area contributed by atoms with Crippen molar-refractivity contribution in [1.29, 1.82) is 0 Å². The zero-order valence-corrected chi connectivity index (χ0v) is 18.9. The third kappa shape index (κ3) is 3.49. The van der Waals surface area contributed by atoms with Crippen LogP contribution in [0, 0.1) is 6.92 Å². The molecule has 5 rings (SSSR count). The lowest BCUT2D eigenvalue weighted by Crippen LogP contribution is -1.98. The predicted molar refractivity (Wildman–Crippen MR) is 130 cm³/mol. The van der Waals surface area contributed by atoms with Gasteiger partial charge in [0.15, 0.2) is 5.78 Å². The minimum absolute atomic E-state index is 0.0400. The van der Waals surface area contributed by atoms with Gasteiger partial charge in [-0.05, 0) is 55.8 Å². The number of aromatic nitrogens is 3. The van der Waals surface area contributed by atoms with Gasteiger partial charge in [0.1, 0.15) is 22.8 Å². The Balaban J connectivity index is 1.74. The van der Waals surface area contributed by atoms with Gasteiger partial charge < -0.3 is 9.47 Å². The standard InChI is InChI=1S/C27H23N3O3/c1-16(31)18-5-7-19(8-6-18)22-13-24-23(14-26(22)33-4)27-25(15-28-24)29-17(2)30(27)20-9-11-21(32-3)12-10-20/h5-15H,1-4H3. The molecule has 0 saturated heterocycles. The summed E-state index contributed by atoms with van der Waals surface area (Å²) in [5, 5.41) is 0.949. The average molecular weight is 437 g/mol. The van der Waals surface area contributed by atoms with Crippen molar-refractivity contribution in [2.45, 2.75) is 13.8 Å². The lowest BCUT2D eigenvalue weighted by Gasteiger charge is -2.13. The summed E-state index contributed by atoms with van der Waals surface area (Å²) in [6, 6.07) is 19.5. The molecule has 6 heteroatoms. The summed E-state index contributed by atoms with van der Waals surface area (Å²) in [6.07, 6.45) is 1.81. The highest BCUT2D eigenvalue weighted by molar-refractivity contribution is 6.05. The van der Waals surface area contributed by atoms with E-state index < -0.39 is 0 Å². The first-order chi connectivity index (χ1) is 16.0. The van der Waals surface area contributed by atoms with Gasteiger partial charge in [-0.2, -0.15) is 0 Å². The van der Waals surface area contributed by atoms with Crippen LogP contribution in [0.3, 0.4) is 0 Å². The Morgan fingerprint density at radius 1 is 0.909 bits per heavy atom. The van der Waals surface area contributed by atoms with Gasteiger partial charge in [-0.1, -0.05) is 24.3 Å². The lowest BCUT2D eigenvalue weighted by atomic mass is 9.99. The van der Waals surface area contributed by atoms with Crippen LogP contribution in [0.2, 0.25) is 0 Å². The highest BCUT2D eigenvalue weighted by Crippen LogP contribution is 2.37. The fourth-order valence-corrected chi connectivity index (χ4v) is 4.22. The zero-order valence-electron chi connectivity index (χ0n) is 18.9. The summed E-state index contributed by atoms with van der Waals surface area (Å²) in [4.78, 5) is 21.1. The third-order valence-electron chi connectivity index (χ3n) is 5.90. The Kier molecular flexibility index (Phi) is 5.05. The van der Waals surface area contributed by atoms with Crippen LogP contribution in [-0.2, 0) is 0 Å². The van der Waals surface area contributed by atoms with E-state index in [-0.39, 0.29) is 5.78 Å². The second kappa shape index (κ2) is 8.06. The third-order valence-corrected chi connectivity index (χ3v) is 5.90. The molecule has 0 unspecified atom stereocenters. The van der Waals surface area contributed by atoms with E-state index in [9.17, 15) is 4.79 Å². The number of ketones is 1. The minimum atomic E-state index is 0.0400. The second-order valence-corrected chi connectivity index (χ2v) is 7.89. The first-order valence-corrected chi connectivity index (χ1v) is 10.6. The molecule has 0 amide bonds. The van der Waals surface area contributed by atoms with E-state index in [0.29, 0.717) is 5.56 Å². The molecule has 2 heterocycles. The molecular formula is C27H23N3O3. The van der Waals surface area contributed by atoms with E-state index in [4.69, 9.17) is 14.5 Å². The molecule has 5 aromatic rings. The van der Waals surface area contributed by atoms with Crippen molar-refractivity contribution in [3.05, 3.63) is 78.2 Å². The van der Waals surface area contributed by atoms with Crippen LogP contribution >= 0.6 is 0 Å². The van der Waals surface area contributed by atoms with Crippen LogP contribution in [0.15, 0.2) is 66.9 Å². The van der Waals surface area contributed by atoms with Gasteiger partial charge in [-0.3, -0.25) is 14.3 Å². The van der Waals surface area contributed by atoms with Crippen LogP contribution in [0.5, 0.6) is 11.5 Å². The number of nitrogens with zero attached hydrogens (tertiary/aromatic N) is 3. The first kappa shape index (κ1) is 20.7.